The molecule has 1 saturated carbocycles. The lowest BCUT2D eigenvalue weighted by Gasteiger charge is -2.51. The average molecular weight is 716 g/mol. The van der Waals surface area contributed by atoms with Crippen LogP contribution in [0.15, 0.2) is 96.3 Å². The molecule has 0 unspecified atom stereocenters. The van der Waals surface area contributed by atoms with Crippen LogP contribution in [0.1, 0.15) is 55.2 Å². The number of allylic oxidation sites excluding steroid dienone is 3. The van der Waals surface area contributed by atoms with Crippen LogP contribution in [0.3, 0.4) is 0 Å². The van der Waals surface area contributed by atoms with Gasteiger partial charge in [-0.25, -0.2) is 0 Å². The molecule has 3 N–H and O–H groups in total. The Morgan fingerprint density at radius 3 is 2.45 bits per heavy atom. The van der Waals surface area contributed by atoms with Crippen molar-refractivity contribution in [1.82, 2.24) is 9.91 Å². The molecule has 5 aliphatic rings. The molecular formula is C42H41N3O8. The quantitative estimate of drug-likeness (QED) is 0.137. The van der Waals surface area contributed by atoms with Gasteiger partial charge in [-0.3, -0.25) is 34.3 Å². The van der Waals surface area contributed by atoms with Gasteiger partial charge in [-0.2, -0.15) is 5.01 Å². The molecule has 4 amide bonds. The lowest BCUT2D eigenvalue weighted by atomic mass is 9.48. The van der Waals surface area contributed by atoms with Gasteiger partial charge in [-0.1, -0.05) is 66.1 Å². The summed E-state index contributed by atoms with van der Waals surface area (Å²) in [6.45, 7) is 2.16. The summed E-state index contributed by atoms with van der Waals surface area (Å²) in [6, 6.07) is 21.7. The Morgan fingerprint density at radius 2 is 1.70 bits per heavy atom. The average Bonchev–Trinajstić information content (AvgIpc) is 3.52. The molecule has 11 nitrogen and oxygen atoms in total. The number of anilines is 1. The molecule has 6 atom stereocenters. The van der Waals surface area contributed by atoms with Crippen molar-refractivity contribution in [1.29, 1.82) is 0 Å². The van der Waals surface area contributed by atoms with Gasteiger partial charge in [0.25, 0.3) is 11.8 Å². The number of aryl methyl sites for hydroxylation is 1. The fourth-order valence-electron chi connectivity index (χ4n) is 9.57. The van der Waals surface area contributed by atoms with Crippen molar-refractivity contribution < 1.29 is 38.9 Å². The second-order valence-electron chi connectivity index (χ2n) is 14.9. The van der Waals surface area contributed by atoms with E-state index in [1.807, 2.05) is 67.6 Å². The van der Waals surface area contributed by atoms with Gasteiger partial charge in [0.2, 0.25) is 11.8 Å². The van der Waals surface area contributed by atoms with Crippen molar-refractivity contribution in [2.75, 3.05) is 12.0 Å². The van der Waals surface area contributed by atoms with E-state index in [1.54, 1.807) is 24.5 Å². The summed E-state index contributed by atoms with van der Waals surface area (Å²) >= 11 is 0. The van der Waals surface area contributed by atoms with Crippen LogP contribution in [0.5, 0.6) is 11.5 Å². The zero-order valence-electron chi connectivity index (χ0n) is 29.4. The number of hydrogen-bond acceptors (Lipinski definition) is 8. The van der Waals surface area contributed by atoms with Gasteiger partial charge in [-0.15, -0.1) is 0 Å². The van der Waals surface area contributed by atoms with E-state index in [9.17, 15) is 24.3 Å². The van der Waals surface area contributed by atoms with Gasteiger partial charge in [0.15, 0.2) is 0 Å². The highest BCUT2D eigenvalue weighted by atomic mass is 16.5. The van der Waals surface area contributed by atoms with E-state index in [2.05, 4.69) is 5.43 Å². The number of hydrazine groups is 1. The van der Waals surface area contributed by atoms with Crippen LogP contribution in [0.2, 0.25) is 0 Å². The number of ether oxygens (including phenoxy) is 1. The molecule has 2 saturated heterocycles. The van der Waals surface area contributed by atoms with Gasteiger partial charge in [-0.05, 0) is 80.0 Å². The number of unbranched alkanes of at least 4 members (excludes halogenated alkanes) is 2. The maximum absolute atomic E-state index is 15.3. The van der Waals surface area contributed by atoms with E-state index in [4.69, 9.17) is 9.84 Å². The Bertz CT molecular complexity index is 2070. The molecule has 3 aromatic carbocycles. The smallest absolute Gasteiger partial charge is 0.303 e. The number of amides is 4. The monoisotopic (exact) mass is 715 g/mol. The summed E-state index contributed by atoms with van der Waals surface area (Å²) in [6.07, 6.45) is 6.05. The predicted molar refractivity (Wildman–Crippen MR) is 193 cm³/mol. The minimum Gasteiger partial charge on any atom is -0.508 e. The number of likely N-dealkylation sites (tertiary alicyclic amines) is 1. The standard InChI is InChI=1S/C42H41N3O8/c1-24-11-13-28(14-12-24)43-45-39(50)33-22-32-30(16-17-31-36(32)40(51)44(38(31)49)19-7-3-6-10-35(47)48)37(42(33,41(45)52)27-8-4-2-5-9-27)26-20-25-21-29(46)15-18-34(25)53-23-26/h2,4-5,8-9,11-16,18,21,23,31-33,36-37,43,46H,3,6-7,10,17,19-20,22H2,1H3,(H,47,48)/t31-,32+,33-,36-,37-,42+/m0/s1. The number of nitrogens with zero attached hydrogens (tertiary/aromatic N) is 2. The molecule has 3 fully saturated rings. The largest absolute Gasteiger partial charge is 0.508 e. The number of carboxylic acids is 1. The van der Waals surface area contributed by atoms with Crippen LogP contribution in [0.4, 0.5) is 5.69 Å². The molecule has 2 aliphatic carbocycles. The first-order valence-corrected chi connectivity index (χ1v) is 18.3. The SMILES string of the molecule is Cc1ccc(NN2C(=O)[C@@H]3C[C@@H]4C(=CC[C@@H]5C(=O)N(CCCCCC(=O)O)C(=O)[C@@H]54)[C@H](C4=COc5ccc(O)cc5C4)[C@]3(c3ccccc3)C2=O)cc1. The number of benzene rings is 3. The Labute approximate surface area is 306 Å². The third-order valence-corrected chi connectivity index (χ3v) is 11.9. The molecular weight excluding hydrogens is 674 g/mol. The number of fused-ring (bicyclic) bond motifs is 5. The van der Waals surface area contributed by atoms with Crippen LogP contribution < -0.4 is 10.2 Å². The number of rotatable bonds is 10. The summed E-state index contributed by atoms with van der Waals surface area (Å²) in [5.41, 5.74) is 6.28. The third-order valence-electron chi connectivity index (χ3n) is 11.9. The lowest BCUT2D eigenvalue weighted by molar-refractivity contribution is -0.141. The van der Waals surface area contributed by atoms with Gasteiger partial charge in [0.1, 0.15) is 11.5 Å². The highest BCUT2D eigenvalue weighted by Crippen LogP contribution is 2.63. The van der Waals surface area contributed by atoms with E-state index >= 15 is 4.79 Å². The summed E-state index contributed by atoms with van der Waals surface area (Å²) < 4.78 is 6.18. The second kappa shape index (κ2) is 13.4. The van der Waals surface area contributed by atoms with Crippen molar-refractivity contribution in [2.45, 2.75) is 57.3 Å². The molecule has 53 heavy (non-hydrogen) atoms. The van der Waals surface area contributed by atoms with E-state index in [-0.39, 0.29) is 37.0 Å². The van der Waals surface area contributed by atoms with Crippen LogP contribution in [0, 0.1) is 36.5 Å². The highest BCUT2D eigenvalue weighted by Gasteiger charge is 2.70. The molecule has 0 aromatic heterocycles. The van der Waals surface area contributed by atoms with E-state index in [0.29, 0.717) is 49.1 Å². The number of aromatic hydroxyl groups is 1. The molecule has 0 radical (unpaired) electrons. The Morgan fingerprint density at radius 1 is 0.925 bits per heavy atom. The van der Waals surface area contributed by atoms with Crippen molar-refractivity contribution in [3.05, 3.63) is 113 Å². The minimum atomic E-state index is -1.41. The molecule has 3 heterocycles. The number of carbonyl (C=O) groups is 5. The molecule has 3 aliphatic heterocycles. The first kappa shape index (κ1) is 34.4. The second-order valence-corrected chi connectivity index (χ2v) is 14.9. The normalized spacial score (nSPS) is 27.3. The Balaban J connectivity index is 1.23. The first-order valence-electron chi connectivity index (χ1n) is 18.3. The Hall–Kier alpha value is -5.71. The summed E-state index contributed by atoms with van der Waals surface area (Å²) in [5.74, 6) is -4.98. The van der Waals surface area contributed by atoms with Crippen LogP contribution in [0.25, 0.3) is 0 Å². The number of phenolic OH excluding ortho intramolecular Hbond substituents is 1. The van der Waals surface area contributed by atoms with Crippen LogP contribution in [-0.2, 0) is 35.8 Å². The maximum Gasteiger partial charge on any atom is 0.303 e. The van der Waals surface area contributed by atoms with Crippen LogP contribution in [-0.4, -0.2) is 56.3 Å². The Kier molecular flexibility index (Phi) is 8.67. The van der Waals surface area contributed by atoms with Gasteiger partial charge in [0.05, 0.1) is 35.1 Å². The van der Waals surface area contributed by atoms with Crippen LogP contribution >= 0.6 is 0 Å². The van der Waals surface area contributed by atoms with Crippen molar-refractivity contribution >= 4 is 35.3 Å². The number of carboxylic acid groups (broad SMARTS) is 1. The number of phenols is 1. The molecule has 11 heteroatoms. The van der Waals surface area contributed by atoms with E-state index in [1.165, 1.54) is 4.90 Å². The van der Waals surface area contributed by atoms with Crippen molar-refractivity contribution in [3.63, 3.8) is 0 Å². The van der Waals surface area contributed by atoms with E-state index < -0.39 is 52.8 Å². The van der Waals surface area contributed by atoms with E-state index in [0.717, 1.165) is 27.3 Å². The summed E-state index contributed by atoms with van der Waals surface area (Å²) in [4.78, 5) is 70.7. The number of nitrogens with one attached hydrogen (secondary N) is 1. The number of imide groups is 2. The minimum absolute atomic E-state index is 0.0284. The number of hydrogen-bond donors (Lipinski definition) is 3. The maximum atomic E-state index is 15.3. The number of carbonyl (C=O) groups excluding carboxylic acids is 4. The van der Waals surface area contributed by atoms with Crippen molar-refractivity contribution in [3.8, 4) is 11.5 Å². The predicted octanol–water partition coefficient (Wildman–Crippen LogP) is 5.68. The topological polar surface area (TPSA) is 154 Å². The highest BCUT2D eigenvalue weighted by molar-refractivity contribution is 6.13. The summed E-state index contributed by atoms with van der Waals surface area (Å²) in [7, 11) is 0. The molecule has 8 rings (SSSR count). The molecule has 272 valence electrons. The molecule has 0 bridgehead atoms. The fraction of sp³-hybridized carbons (Fsp3) is 0.357. The van der Waals surface area contributed by atoms with Crippen molar-refractivity contribution in [2.24, 2.45) is 29.6 Å². The third kappa shape index (κ3) is 5.60. The lowest BCUT2D eigenvalue weighted by Crippen LogP contribution is -2.55. The zero-order chi connectivity index (χ0) is 37.0. The molecule has 0 spiro atoms. The zero-order valence-corrected chi connectivity index (χ0v) is 29.4. The van der Waals surface area contributed by atoms with Gasteiger partial charge < -0.3 is 14.9 Å². The molecule has 3 aromatic rings. The van der Waals surface area contributed by atoms with Gasteiger partial charge >= 0.3 is 5.97 Å². The first-order chi connectivity index (χ1) is 25.6. The number of aliphatic carboxylic acids is 1. The fourth-order valence-corrected chi connectivity index (χ4v) is 9.57. The summed E-state index contributed by atoms with van der Waals surface area (Å²) in [5, 5.41) is 20.6. The van der Waals surface area contributed by atoms with Gasteiger partial charge in [0, 0.05) is 30.9 Å².